The fourth-order valence-corrected chi connectivity index (χ4v) is 3.10. The molecule has 2 heterocycles. The quantitative estimate of drug-likeness (QED) is 0.819. The Hall–Kier alpha value is -0.320. The van der Waals surface area contributed by atoms with Crippen molar-refractivity contribution in [3.8, 4) is 0 Å². The van der Waals surface area contributed by atoms with Crippen LogP contribution < -0.4 is 10.6 Å². The lowest BCUT2D eigenvalue weighted by molar-refractivity contribution is -0.122. The minimum Gasteiger partial charge on any atom is -0.355 e. The maximum absolute atomic E-state index is 11.8. The first-order valence-electron chi connectivity index (χ1n) is 7.29. The van der Waals surface area contributed by atoms with Crippen molar-refractivity contribution >= 4 is 18.3 Å². The predicted molar refractivity (Wildman–Crippen MR) is 80.7 cm³/mol. The molecule has 0 atom stereocenters. The van der Waals surface area contributed by atoms with Gasteiger partial charge in [-0.1, -0.05) is 13.8 Å². The summed E-state index contributed by atoms with van der Waals surface area (Å²) in [6.45, 7) is 10.1. The van der Waals surface area contributed by atoms with Gasteiger partial charge in [0.1, 0.15) is 0 Å². The average Bonchev–Trinajstić information content (AvgIpc) is 2.70. The molecule has 0 unspecified atom stereocenters. The minimum atomic E-state index is 0. The first-order chi connectivity index (χ1) is 8.60. The van der Waals surface area contributed by atoms with Crippen LogP contribution in [0.4, 0.5) is 0 Å². The van der Waals surface area contributed by atoms with Crippen LogP contribution in [0.1, 0.15) is 33.1 Å². The van der Waals surface area contributed by atoms with E-state index in [1.54, 1.807) is 0 Å². The molecule has 0 radical (unpaired) electrons. The number of amides is 1. The van der Waals surface area contributed by atoms with Crippen LogP contribution in [0.3, 0.4) is 0 Å². The van der Waals surface area contributed by atoms with Gasteiger partial charge in [0.25, 0.3) is 0 Å². The van der Waals surface area contributed by atoms with E-state index in [9.17, 15) is 4.79 Å². The van der Waals surface area contributed by atoms with E-state index in [1.165, 1.54) is 19.3 Å². The Morgan fingerprint density at radius 2 is 2.00 bits per heavy atom. The lowest BCUT2D eigenvalue weighted by atomic mass is 9.78. The first-order valence-corrected chi connectivity index (χ1v) is 7.29. The van der Waals surface area contributed by atoms with Crippen LogP contribution in [0.15, 0.2) is 0 Å². The largest absolute Gasteiger partial charge is 0.355 e. The summed E-state index contributed by atoms with van der Waals surface area (Å²) >= 11 is 0. The Morgan fingerprint density at radius 1 is 1.32 bits per heavy atom. The van der Waals surface area contributed by atoms with Crippen LogP contribution in [0, 0.1) is 11.3 Å². The highest BCUT2D eigenvalue weighted by molar-refractivity contribution is 5.85. The van der Waals surface area contributed by atoms with Gasteiger partial charge in [0.05, 0.1) is 6.54 Å². The molecule has 0 aliphatic carbocycles. The summed E-state index contributed by atoms with van der Waals surface area (Å²) < 4.78 is 0. The number of piperidine rings is 1. The Balaban J connectivity index is 0.00000180. The Labute approximate surface area is 123 Å². The molecule has 1 amide bonds. The molecule has 5 heteroatoms. The fraction of sp³-hybridized carbons (Fsp3) is 0.929. The molecule has 2 N–H and O–H groups in total. The second kappa shape index (κ2) is 7.46. The molecule has 0 aromatic rings. The summed E-state index contributed by atoms with van der Waals surface area (Å²) in [7, 11) is 0. The number of rotatable bonds is 4. The predicted octanol–water partition coefficient (Wildman–Crippen LogP) is 1.26. The molecule has 0 bridgehead atoms. The van der Waals surface area contributed by atoms with Crippen LogP contribution in [-0.2, 0) is 4.79 Å². The van der Waals surface area contributed by atoms with E-state index in [0.717, 1.165) is 32.7 Å². The van der Waals surface area contributed by atoms with Crippen molar-refractivity contribution in [2.45, 2.75) is 33.1 Å². The van der Waals surface area contributed by atoms with Crippen molar-refractivity contribution in [1.82, 2.24) is 15.5 Å². The van der Waals surface area contributed by atoms with Gasteiger partial charge in [0.15, 0.2) is 0 Å². The van der Waals surface area contributed by atoms with Gasteiger partial charge in [-0.05, 0) is 50.2 Å². The normalized spacial score (nSPS) is 22.5. The third-order valence-corrected chi connectivity index (χ3v) is 4.26. The van der Waals surface area contributed by atoms with Crippen LogP contribution >= 0.6 is 12.4 Å². The molecule has 0 aromatic heterocycles. The van der Waals surface area contributed by atoms with E-state index in [-0.39, 0.29) is 18.3 Å². The summed E-state index contributed by atoms with van der Waals surface area (Å²) in [5.74, 6) is 0.720. The number of hydrogen-bond donors (Lipinski definition) is 2. The maximum Gasteiger partial charge on any atom is 0.234 e. The summed E-state index contributed by atoms with van der Waals surface area (Å²) in [6, 6.07) is 0. The lowest BCUT2D eigenvalue weighted by Gasteiger charge is -2.33. The van der Waals surface area contributed by atoms with Crippen LogP contribution in [0.5, 0.6) is 0 Å². The van der Waals surface area contributed by atoms with Crippen LogP contribution in [-0.4, -0.2) is 50.1 Å². The van der Waals surface area contributed by atoms with Crippen molar-refractivity contribution in [1.29, 1.82) is 0 Å². The Morgan fingerprint density at radius 3 is 2.63 bits per heavy atom. The zero-order chi connectivity index (χ0) is 13.0. The van der Waals surface area contributed by atoms with E-state index in [1.807, 2.05) is 0 Å². The Kier molecular flexibility index (Phi) is 6.57. The zero-order valence-electron chi connectivity index (χ0n) is 12.2. The van der Waals surface area contributed by atoms with Crippen molar-refractivity contribution < 1.29 is 4.79 Å². The fourth-order valence-electron chi connectivity index (χ4n) is 3.10. The second-order valence-electron chi connectivity index (χ2n) is 6.41. The van der Waals surface area contributed by atoms with Gasteiger partial charge in [-0.25, -0.2) is 0 Å². The number of carbonyl (C=O) groups excluding carboxylic acids is 1. The highest BCUT2D eigenvalue weighted by Crippen LogP contribution is 2.38. The number of halogens is 1. The molecular formula is C14H28ClN3O. The van der Waals surface area contributed by atoms with E-state index in [2.05, 4.69) is 29.4 Å². The van der Waals surface area contributed by atoms with Crippen molar-refractivity contribution in [2.75, 3.05) is 39.3 Å². The van der Waals surface area contributed by atoms with E-state index < -0.39 is 0 Å². The topological polar surface area (TPSA) is 44.4 Å². The number of hydrogen-bond acceptors (Lipinski definition) is 3. The van der Waals surface area contributed by atoms with E-state index in [0.29, 0.717) is 17.9 Å². The van der Waals surface area contributed by atoms with Gasteiger partial charge < -0.3 is 10.6 Å². The molecule has 2 aliphatic heterocycles. The van der Waals surface area contributed by atoms with Gasteiger partial charge in [-0.15, -0.1) is 12.4 Å². The monoisotopic (exact) mass is 289 g/mol. The van der Waals surface area contributed by atoms with E-state index >= 15 is 0 Å². The molecule has 0 saturated carbocycles. The molecule has 19 heavy (non-hydrogen) atoms. The third-order valence-electron chi connectivity index (χ3n) is 4.26. The molecule has 2 fully saturated rings. The van der Waals surface area contributed by atoms with E-state index in [4.69, 9.17) is 0 Å². The maximum atomic E-state index is 11.8. The number of carbonyl (C=O) groups is 1. The highest BCUT2D eigenvalue weighted by atomic mass is 35.5. The van der Waals surface area contributed by atoms with Gasteiger partial charge in [-0.2, -0.15) is 0 Å². The van der Waals surface area contributed by atoms with Crippen LogP contribution in [0.2, 0.25) is 0 Å². The SMILES string of the molecule is CC(C)CNC(=O)CN1CCC2(CCNCC2)C1.Cl. The van der Waals surface area contributed by atoms with Gasteiger partial charge in [0.2, 0.25) is 5.91 Å². The molecule has 2 saturated heterocycles. The van der Waals surface area contributed by atoms with Gasteiger partial charge >= 0.3 is 0 Å². The summed E-state index contributed by atoms with van der Waals surface area (Å²) in [4.78, 5) is 14.1. The number of nitrogens with one attached hydrogen (secondary N) is 2. The average molecular weight is 290 g/mol. The van der Waals surface area contributed by atoms with Crippen molar-refractivity contribution in [3.05, 3.63) is 0 Å². The molecule has 4 nitrogen and oxygen atoms in total. The lowest BCUT2D eigenvalue weighted by Crippen LogP contribution is -2.41. The summed E-state index contributed by atoms with van der Waals surface area (Å²) in [5.41, 5.74) is 0.504. The van der Waals surface area contributed by atoms with Crippen LogP contribution in [0.25, 0.3) is 0 Å². The molecule has 112 valence electrons. The van der Waals surface area contributed by atoms with Crippen molar-refractivity contribution in [3.63, 3.8) is 0 Å². The third kappa shape index (κ3) is 4.93. The Bertz CT molecular complexity index is 290. The molecule has 1 spiro atoms. The number of nitrogens with zero attached hydrogens (tertiary/aromatic N) is 1. The van der Waals surface area contributed by atoms with Gasteiger partial charge in [-0.3, -0.25) is 9.69 Å². The van der Waals surface area contributed by atoms with Gasteiger partial charge in [0, 0.05) is 13.1 Å². The second-order valence-corrected chi connectivity index (χ2v) is 6.41. The molecule has 0 aromatic carbocycles. The standard InChI is InChI=1S/C14H27N3O.ClH/c1-12(2)9-16-13(18)10-17-8-5-14(11-17)3-6-15-7-4-14;/h12,15H,3-11H2,1-2H3,(H,16,18);1H. The highest BCUT2D eigenvalue weighted by Gasteiger charge is 2.39. The first kappa shape index (κ1) is 16.7. The summed E-state index contributed by atoms with van der Waals surface area (Å²) in [5, 5.41) is 6.43. The van der Waals surface area contributed by atoms with Crippen molar-refractivity contribution in [2.24, 2.45) is 11.3 Å². The molecule has 2 aliphatic rings. The molecule has 2 rings (SSSR count). The smallest absolute Gasteiger partial charge is 0.234 e. The zero-order valence-corrected chi connectivity index (χ0v) is 13.0. The minimum absolute atomic E-state index is 0. The summed E-state index contributed by atoms with van der Waals surface area (Å²) in [6.07, 6.45) is 3.82. The number of likely N-dealkylation sites (tertiary alicyclic amines) is 1. The molecular weight excluding hydrogens is 262 g/mol.